The van der Waals surface area contributed by atoms with Crippen LogP contribution < -0.4 is 14.8 Å². The molecule has 4 heteroatoms. The van der Waals surface area contributed by atoms with Gasteiger partial charge in [-0.3, -0.25) is 4.79 Å². The highest BCUT2D eigenvalue weighted by Gasteiger charge is 2.12. The van der Waals surface area contributed by atoms with Crippen LogP contribution in [0.15, 0.2) is 48.5 Å². The Morgan fingerprint density at radius 3 is 2.27 bits per heavy atom. The topological polar surface area (TPSA) is 47.6 Å². The van der Waals surface area contributed by atoms with Gasteiger partial charge in [-0.25, -0.2) is 0 Å². The molecule has 4 nitrogen and oxygen atoms in total. The van der Waals surface area contributed by atoms with Crippen molar-refractivity contribution in [2.24, 2.45) is 0 Å². The lowest BCUT2D eigenvalue weighted by atomic mass is 9.99. The van der Waals surface area contributed by atoms with Gasteiger partial charge in [0, 0.05) is 6.04 Å². The van der Waals surface area contributed by atoms with Crippen molar-refractivity contribution in [3.8, 4) is 11.5 Å². The minimum atomic E-state index is 0.0398. The van der Waals surface area contributed by atoms with E-state index >= 15 is 0 Å². The van der Waals surface area contributed by atoms with Gasteiger partial charge in [-0.05, 0) is 36.1 Å². The molecule has 1 N–H and O–H groups in total. The first-order valence-corrected chi connectivity index (χ1v) is 7.21. The molecule has 0 aliphatic heterocycles. The number of benzene rings is 2. The molecule has 0 aliphatic carbocycles. The lowest BCUT2D eigenvalue weighted by Gasteiger charge is -2.17. The Hall–Kier alpha value is -2.49. The minimum Gasteiger partial charge on any atom is -0.493 e. The lowest BCUT2D eigenvalue weighted by molar-refractivity contribution is -0.110. The molecule has 0 heterocycles. The van der Waals surface area contributed by atoms with Gasteiger partial charge >= 0.3 is 0 Å². The third-order valence-electron chi connectivity index (χ3n) is 3.56. The quantitative estimate of drug-likeness (QED) is 0.762. The molecule has 0 fully saturated rings. The number of amides is 1. The second kappa shape index (κ2) is 8.08. The van der Waals surface area contributed by atoms with Crippen molar-refractivity contribution in [1.82, 2.24) is 5.32 Å². The predicted octanol–water partition coefficient (Wildman–Crippen LogP) is 2.60. The number of hydrogen-bond donors (Lipinski definition) is 1. The first-order chi connectivity index (χ1) is 10.8. The summed E-state index contributed by atoms with van der Waals surface area (Å²) in [5.74, 6) is 1.40. The van der Waals surface area contributed by atoms with Crippen LogP contribution in [-0.4, -0.2) is 26.7 Å². The zero-order chi connectivity index (χ0) is 15.8. The Labute approximate surface area is 131 Å². The highest BCUT2D eigenvalue weighted by atomic mass is 16.5. The van der Waals surface area contributed by atoms with Gasteiger partial charge in [0.05, 0.1) is 14.2 Å². The smallest absolute Gasteiger partial charge is 0.207 e. The van der Waals surface area contributed by atoms with Crippen LogP contribution in [0.2, 0.25) is 0 Å². The van der Waals surface area contributed by atoms with Crippen LogP contribution in [-0.2, 0) is 17.6 Å². The van der Waals surface area contributed by atoms with Crippen molar-refractivity contribution in [2.75, 3.05) is 14.2 Å². The molecule has 2 aromatic rings. The van der Waals surface area contributed by atoms with Gasteiger partial charge in [0.1, 0.15) is 0 Å². The SMILES string of the molecule is COc1ccc(C[C@@H](Cc2ccccc2)NC=O)cc1OC. The highest BCUT2D eigenvalue weighted by Crippen LogP contribution is 2.28. The Morgan fingerprint density at radius 1 is 0.955 bits per heavy atom. The molecule has 1 atom stereocenters. The van der Waals surface area contributed by atoms with Crippen LogP contribution in [0.5, 0.6) is 11.5 Å². The van der Waals surface area contributed by atoms with E-state index in [1.54, 1.807) is 14.2 Å². The number of carbonyl (C=O) groups excluding carboxylic acids is 1. The van der Waals surface area contributed by atoms with Gasteiger partial charge < -0.3 is 14.8 Å². The van der Waals surface area contributed by atoms with Crippen LogP contribution in [0.1, 0.15) is 11.1 Å². The first kappa shape index (κ1) is 15.9. The summed E-state index contributed by atoms with van der Waals surface area (Å²) in [4.78, 5) is 10.9. The molecule has 2 aromatic carbocycles. The molecule has 0 aliphatic rings. The predicted molar refractivity (Wildman–Crippen MR) is 86.4 cm³/mol. The molecule has 2 rings (SSSR count). The largest absolute Gasteiger partial charge is 0.493 e. The van der Waals surface area contributed by atoms with E-state index in [0.717, 1.165) is 24.8 Å². The summed E-state index contributed by atoms with van der Waals surface area (Å²) in [7, 11) is 3.23. The monoisotopic (exact) mass is 299 g/mol. The van der Waals surface area contributed by atoms with Gasteiger partial charge in [-0.15, -0.1) is 0 Å². The Bertz CT molecular complexity index is 599. The van der Waals surface area contributed by atoms with Crippen LogP contribution in [0.3, 0.4) is 0 Å². The standard InChI is InChI=1S/C18H21NO3/c1-21-17-9-8-15(12-18(17)22-2)11-16(19-13-20)10-14-6-4-3-5-7-14/h3-9,12-13,16H,10-11H2,1-2H3,(H,19,20)/t16-/m1/s1. The fraction of sp³-hybridized carbons (Fsp3) is 0.278. The summed E-state index contributed by atoms with van der Waals surface area (Å²) in [6.07, 6.45) is 2.27. The summed E-state index contributed by atoms with van der Waals surface area (Å²) in [5.41, 5.74) is 2.29. The summed E-state index contributed by atoms with van der Waals surface area (Å²) < 4.78 is 10.6. The van der Waals surface area contributed by atoms with E-state index in [-0.39, 0.29) is 6.04 Å². The van der Waals surface area contributed by atoms with Crippen LogP contribution >= 0.6 is 0 Å². The maximum atomic E-state index is 10.9. The molecule has 116 valence electrons. The summed E-state index contributed by atoms with van der Waals surface area (Å²) in [5, 5.41) is 2.89. The zero-order valence-electron chi connectivity index (χ0n) is 12.9. The first-order valence-electron chi connectivity index (χ1n) is 7.21. The van der Waals surface area contributed by atoms with E-state index in [0.29, 0.717) is 11.5 Å². The summed E-state index contributed by atoms with van der Waals surface area (Å²) in [6, 6.07) is 16.0. The fourth-order valence-corrected chi connectivity index (χ4v) is 2.48. The van der Waals surface area contributed by atoms with Gasteiger partial charge in [-0.2, -0.15) is 0 Å². The summed E-state index contributed by atoms with van der Waals surface area (Å²) in [6.45, 7) is 0. The molecule has 0 radical (unpaired) electrons. The highest BCUT2D eigenvalue weighted by molar-refractivity contribution is 5.48. The van der Waals surface area contributed by atoms with Gasteiger partial charge in [-0.1, -0.05) is 36.4 Å². The Morgan fingerprint density at radius 2 is 1.64 bits per heavy atom. The van der Waals surface area contributed by atoms with Gasteiger partial charge in [0.2, 0.25) is 6.41 Å². The lowest BCUT2D eigenvalue weighted by Crippen LogP contribution is -2.32. The second-order valence-corrected chi connectivity index (χ2v) is 5.06. The molecule has 0 saturated heterocycles. The molecule has 0 saturated carbocycles. The van der Waals surface area contributed by atoms with Gasteiger partial charge in [0.25, 0.3) is 0 Å². The fourth-order valence-electron chi connectivity index (χ4n) is 2.48. The minimum absolute atomic E-state index is 0.0398. The molecule has 22 heavy (non-hydrogen) atoms. The Balaban J connectivity index is 2.12. The molecule has 1 amide bonds. The van der Waals surface area contributed by atoms with Crippen molar-refractivity contribution in [3.05, 3.63) is 59.7 Å². The van der Waals surface area contributed by atoms with Crippen molar-refractivity contribution in [2.45, 2.75) is 18.9 Å². The average molecular weight is 299 g/mol. The third kappa shape index (κ3) is 4.25. The number of ether oxygens (including phenoxy) is 2. The zero-order valence-corrected chi connectivity index (χ0v) is 12.9. The molecule has 0 aromatic heterocycles. The van der Waals surface area contributed by atoms with Crippen molar-refractivity contribution < 1.29 is 14.3 Å². The van der Waals surface area contributed by atoms with Gasteiger partial charge in [0.15, 0.2) is 11.5 Å². The summed E-state index contributed by atoms with van der Waals surface area (Å²) >= 11 is 0. The molecular formula is C18H21NO3. The average Bonchev–Trinajstić information content (AvgIpc) is 2.56. The maximum absolute atomic E-state index is 10.9. The third-order valence-corrected chi connectivity index (χ3v) is 3.56. The Kier molecular flexibility index (Phi) is 5.83. The number of nitrogens with one attached hydrogen (secondary N) is 1. The molecule has 0 bridgehead atoms. The van der Waals surface area contributed by atoms with Crippen molar-refractivity contribution in [3.63, 3.8) is 0 Å². The molecular weight excluding hydrogens is 278 g/mol. The normalized spacial score (nSPS) is 11.5. The number of methoxy groups -OCH3 is 2. The molecule has 0 spiro atoms. The van der Waals surface area contributed by atoms with Crippen molar-refractivity contribution >= 4 is 6.41 Å². The second-order valence-electron chi connectivity index (χ2n) is 5.06. The van der Waals surface area contributed by atoms with E-state index in [1.165, 1.54) is 5.56 Å². The van der Waals surface area contributed by atoms with Crippen LogP contribution in [0.4, 0.5) is 0 Å². The van der Waals surface area contributed by atoms with E-state index < -0.39 is 0 Å². The molecule has 0 unspecified atom stereocenters. The van der Waals surface area contributed by atoms with Crippen molar-refractivity contribution in [1.29, 1.82) is 0 Å². The van der Waals surface area contributed by atoms with E-state index in [4.69, 9.17) is 9.47 Å². The number of hydrogen-bond acceptors (Lipinski definition) is 3. The maximum Gasteiger partial charge on any atom is 0.207 e. The van der Waals surface area contributed by atoms with Crippen LogP contribution in [0, 0.1) is 0 Å². The number of rotatable bonds is 8. The van der Waals surface area contributed by atoms with E-state index in [2.05, 4.69) is 17.4 Å². The van der Waals surface area contributed by atoms with E-state index in [9.17, 15) is 4.79 Å². The van der Waals surface area contributed by atoms with E-state index in [1.807, 2.05) is 36.4 Å². The van der Waals surface area contributed by atoms with Crippen LogP contribution in [0.25, 0.3) is 0 Å². The number of carbonyl (C=O) groups is 1.